The Labute approximate surface area is 130 Å². The van der Waals surface area contributed by atoms with Gasteiger partial charge in [-0.2, -0.15) is 0 Å². The number of nitrogens with one attached hydrogen (secondary N) is 1. The third kappa shape index (κ3) is 5.08. The summed E-state index contributed by atoms with van der Waals surface area (Å²) in [7, 11) is 2.25. The summed E-state index contributed by atoms with van der Waals surface area (Å²) < 4.78 is 0. The molecule has 118 valence electrons. The number of nitrogens with zero attached hydrogens (tertiary/aromatic N) is 2. The molecular weight excluding hydrogens is 258 g/mol. The first-order valence-electron chi connectivity index (χ1n) is 8.43. The number of hydrogen-bond donors (Lipinski definition) is 1. The van der Waals surface area contributed by atoms with Crippen LogP contribution >= 0.6 is 0 Å². The molecule has 0 aromatic carbocycles. The first-order valence-corrected chi connectivity index (χ1v) is 8.43. The Morgan fingerprint density at radius 1 is 1.29 bits per heavy atom. The lowest BCUT2D eigenvalue weighted by Gasteiger charge is -2.36. The highest BCUT2D eigenvalue weighted by Crippen LogP contribution is 2.27. The smallest absolute Gasteiger partial charge is 0.0544 e. The zero-order valence-corrected chi connectivity index (χ0v) is 14.1. The van der Waals surface area contributed by atoms with Crippen molar-refractivity contribution in [3.63, 3.8) is 0 Å². The Bertz CT molecular complexity index is 413. The van der Waals surface area contributed by atoms with Gasteiger partial charge < -0.3 is 5.32 Å². The molecule has 1 aliphatic carbocycles. The summed E-state index contributed by atoms with van der Waals surface area (Å²) in [6.07, 6.45) is 7.52. The van der Waals surface area contributed by atoms with Crippen molar-refractivity contribution in [1.82, 2.24) is 15.2 Å². The maximum absolute atomic E-state index is 4.63. The van der Waals surface area contributed by atoms with E-state index in [9.17, 15) is 0 Å². The van der Waals surface area contributed by atoms with E-state index < -0.39 is 0 Å². The van der Waals surface area contributed by atoms with Crippen molar-refractivity contribution < 1.29 is 0 Å². The van der Waals surface area contributed by atoms with E-state index in [0.29, 0.717) is 6.04 Å². The van der Waals surface area contributed by atoms with Crippen molar-refractivity contribution in [2.75, 3.05) is 7.05 Å². The van der Waals surface area contributed by atoms with Gasteiger partial charge in [-0.25, -0.2) is 0 Å². The summed E-state index contributed by atoms with van der Waals surface area (Å²) in [6, 6.07) is 5.63. The molecule has 0 spiro atoms. The molecule has 1 heterocycles. The van der Waals surface area contributed by atoms with Crippen molar-refractivity contribution in [2.24, 2.45) is 5.92 Å². The van der Waals surface area contributed by atoms with E-state index in [1.54, 1.807) is 0 Å². The van der Waals surface area contributed by atoms with Crippen molar-refractivity contribution in [1.29, 1.82) is 0 Å². The molecule has 1 fully saturated rings. The minimum absolute atomic E-state index is 0.517. The van der Waals surface area contributed by atoms with Gasteiger partial charge in [0.25, 0.3) is 0 Å². The number of rotatable bonds is 6. The normalized spacial score (nSPS) is 23.0. The van der Waals surface area contributed by atoms with Crippen LogP contribution in [0.3, 0.4) is 0 Å². The van der Waals surface area contributed by atoms with Gasteiger partial charge >= 0.3 is 0 Å². The molecule has 21 heavy (non-hydrogen) atoms. The molecule has 1 N–H and O–H groups in total. The summed E-state index contributed by atoms with van der Waals surface area (Å²) >= 11 is 0. The highest BCUT2D eigenvalue weighted by molar-refractivity contribution is 5.14. The minimum atomic E-state index is 0.517. The van der Waals surface area contributed by atoms with Crippen molar-refractivity contribution >= 4 is 0 Å². The Hall–Kier alpha value is -0.930. The molecule has 0 bridgehead atoms. The second kappa shape index (κ2) is 7.90. The van der Waals surface area contributed by atoms with Crippen LogP contribution in [-0.4, -0.2) is 29.0 Å². The topological polar surface area (TPSA) is 28.2 Å². The molecule has 2 rings (SSSR count). The third-order valence-electron chi connectivity index (χ3n) is 4.64. The van der Waals surface area contributed by atoms with E-state index in [0.717, 1.165) is 25.0 Å². The fourth-order valence-electron chi connectivity index (χ4n) is 3.30. The number of aromatic nitrogens is 1. The molecule has 1 saturated carbocycles. The van der Waals surface area contributed by atoms with Gasteiger partial charge in [-0.15, -0.1) is 0 Å². The van der Waals surface area contributed by atoms with Gasteiger partial charge in [-0.3, -0.25) is 9.88 Å². The molecule has 0 aliphatic heterocycles. The second-order valence-corrected chi connectivity index (χ2v) is 6.94. The van der Waals surface area contributed by atoms with E-state index in [1.165, 1.54) is 36.9 Å². The van der Waals surface area contributed by atoms with Gasteiger partial charge in [-0.05, 0) is 37.4 Å². The van der Waals surface area contributed by atoms with Gasteiger partial charge in [0.05, 0.1) is 5.69 Å². The zero-order valence-electron chi connectivity index (χ0n) is 14.1. The van der Waals surface area contributed by atoms with Gasteiger partial charge in [0, 0.05) is 31.4 Å². The molecule has 2 atom stereocenters. The highest BCUT2D eigenvalue weighted by Gasteiger charge is 2.24. The van der Waals surface area contributed by atoms with Crippen molar-refractivity contribution in [3.8, 4) is 0 Å². The van der Waals surface area contributed by atoms with E-state index in [1.807, 2.05) is 6.20 Å². The molecule has 0 saturated heterocycles. The van der Waals surface area contributed by atoms with E-state index in [-0.39, 0.29) is 0 Å². The van der Waals surface area contributed by atoms with Gasteiger partial charge in [0.15, 0.2) is 0 Å². The number of hydrogen-bond acceptors (Lipinski definition) is 3. The summed E-state index contributed by atoms with van der Waals surface area (Å²) in [6.45, 7) is 8.60. The summed E-state index contributed by atoms with van der Waals surface area (Å²) in [5.74, 6) is 0.818. The lowest BCUT2D eigenvalue weighted by Crippen LogP contribution is -2.38. The molecule has 3 heteroatoms. The first kappa shape index (κ1) is 16.4. The lowest BCUT2D eigenvalue weighted by molar-refractivity contribution is 0.132. The fourth-order valence-corrected chi connectivity index (χ4v) is 3.30. The zero-order chi connectivity index (χ0) is 15.2. The predicted molar refractivity (Wildman–Crippen MR) is 89.1 cm³/mol. The standard InChI is InChI=1S/C18H31N3/c1-14(2)19-11-16-9-10-17(20-12-16)13-21(4)18-8-6-5-7-15(18)3/h9-10,12,14-15,18-19H,5-8,11,13H2,1-4H3. The van der Waals surface area contributed by atoms with Crippen LogP contribution in [0.15, 0.2) is 18.3 Å². The minimum Gasteiger partial charge on any atom is -0.310 e. The average molecular weight is 289 g/mol. The molecular formula is C18H31N3. The molecule has 0 radical (unpaired) electrons. The van der Waals surface area contributed by atoms with Crippen LogP contribution in [0.5, 0.6) is 0 Å². The van der Waals surface area contributed by atoms with Crippen LogP contribution in [0.4, 0.5) is 0 Å². The quantitative estimate of drug-likeness (QED) is 0.867. The van der Waals surface area contributed by atoms with E-state index in [2.05, 4.69) is 55.2 Å². The second-order valence-electron chi connectivity index (χ2n) is 6.94. The molecule has 2 unspecified atom stereocenters. The van der Waals surface area contributed by atoms with Crippen LogP contribution in [0.1, 0.15) is 57.7 Å². The molecule has 1 aliphatic rings. The van der Waals surface area contributed by atoms with Gasteiger partial charge in [0.2, 0.25) is 0 Å². The molecule has 1 aromatic heterocycles. The third-order valence-corrected chi connectivity index (χ3v) is 4.64. The van der Waals surface area contributed by atoms with Gasteiger partial charge in [0.1, 0.15) is 0 Å². The Morgan fingerprint density at radius 3 is 2.67 bits per heavy atom. The van der Waals surface area contributed by atoms with E-state index >= 15 is 0 Å². The lowest BCUT2D eigenvalue weighted by atomic mass is 9.85. The summed E-state index contributed by atoms with van der Waals surface area (Å²) in [5, 5.41) is 3.43. The van der Waals surface area contributed by atoms with Crippen molar-refractivity contribution in [2.45, 2.75) is 71.6 Å². The van der Waals surface area contributed by atoms with Crippen molar-refractivity contribution in [3.05, 3.63) is 29.6 Å². The number of pyridine rings is 1. The predicted octanol–water partition coefficient (Wildman–Crippen LogP) is 3.59. The maximum Gasteiger partial charge on any atom is 0.0544 e. The first-order chi connectivity index (χ1) is 10.1. The van der Waals surface area contributed by atoms with Crippen LogP contribution in [0.25, 0.3) is 0 Å². The summed E-state index contributed by atoms with van der Waals surface area (Å²) in [4.78, 5) is 7.13. The van der Waals surface area contributed by atoms with Crippen LogP contribution in [-0.2, 0) is 13.1 Å². The Balaban J connectivity index is 1.87. The largest absolute Gasteiger partial charge is 0.310 e. The fraction of sp³-hybridized carbons (Fsp3) is 0.722. The molecule has 3 nitrogen and oxygen atoms in total. The van der Waals surface area contributed by atoms with Gasteiger partial charge in [-0.1, -0.05) is 39.7 Å². The maximum atomic E-state index is 4.63. The molecule has 1 aromatic rings. The SMILES string of the molecule is CC(C)NCc1ccc(CN(C)C2CCCCC2C)nc1. The monoisotopic (exact) mass is 289 g/mol. The van der Waals surface area contributed by atoms with E-state index in [4.69, 9.17) is 0 Å². The summed E-state index contributed by atoms with van der Waals surface area (Å²) in [5.41, 5.74) is 2.45. The van der Waals surface area contributed by atoms with Crippen LogP contribution in [0.2, 0.25) is 0 Å². The Kier molecular flexibility index (Phi) is 6.19. The average Bonchev–Trinajstić information content (AvgIpc) is 2.47. The molecule has 0 amide bonds. The van der Waals surface area contributed by atoms with Crippen LogP contribution < -0.4 is 5.32 Å². The van der Waals surface area contributed by atoms with Crippen LogP contribution in [0, 0.1) is 5.92 Å². The highest BCUT2D eigenvalue weighted by atomic mass is 15.1. The Morgan fingerprint density at radius 2 is 2.05 bits per heavy atom.